The van der Waals surface area contributed by atoms with Crippen LogP contribution in [0.5, 0.6) is 0 Å². The van der Waals surface area contributed by atoms with Crippen LogP contribution in [0.1, 0.15) is 39.0 Å². The zero-order valence-corrected chi connectivity index (χ0v) is 17.0. The molecule has 2 aromatic rings. The van der Waals surface area contributed by atoms with Crippen molar-refractivity contribution < 1.29 is 4.79 Å². The van der Waals surface area contributed by atoms with Crippen LogP contribution in [0.25, 0.3) is 10.9 Å². The fourth-order valence-electron chi connectivity index (χ4n) is 3.39. The molecule has 1 amide bonds. The van der Waals surface area contributed by atoms with Gasteiger partial charge in [0.2, 0.25) is 11.9 Å². The summed E-state index contributed by atoms with van der Waals surface area (Å²) in [6, 6.07) is 0. The number of carbonyl (C=O) groups excluding carboxylic acids is 1. The van der Waals surface area contributed by atoms with E-state index in [1.165, 1.54) is 4.68 Å². The van der Waals surface area contributed by atoms with Crippen LogP contribution in [0, 0.1) is 0 Å². The van der Waals surface area contributed by atoms with Crippen LogP contribution in [0.4, 0.5) is 11.8 Å². The van der Waals surface area contributed by atoms with E-state index < -0.39 is 0 Å². The molecule has 10 nitrogen and oxygen atoms in total. The predicted octanol–water partition coefficient (Wildman–Crippen LogP) is 0.583. The Morgan fingerprint density at radius 3 is 2.79 bits per heavy atom. The molecular formula is C19H30N8O2. The van der Waals surface area contributed by atoms with Gasteiger partial charge in [0.25, 0.3) is 5.56 Å². The molecule has 29 heavy (non-hydrogen) atoms. The molecule has 0 atom stereocenters. The first-order valence-electron chi connectivity index (χ1n) is 10.4. The van der Waals surface area contributed by atoms with Crippen molar-refractivity contribution in [1.29, 1.82) is 0 Å². The van der Waals surface area contributed by atoms with Gasteiger partial charge in [0, 0.05) is 45.7 Å². The van der Waals surface area contributed by atoms with E-state index in [4.69, 9.17) is 5.73 Å². The number of carbonyl (C=O) groups is 1. The van der Waals surface area contributed by atoms with Crippen molar-refractivity contribution in [2.24, 2.45) is 0 Å². The zero-order chi connectivity index (χ0) is 20.6. The molecule has 1 aliphatic rings. The normalized spacial score (nSPS) is 14.3. The van der Waals surface area contributed by atoms with E-state index in [0.29, 0.717) is 42.7 Å². The van der Waals surface area contributed by atoms with E-state index in [0.717, 1.165) is 45.4 Å². The number of unbranched alkanes of at least 4 members (excludes halogenated alkanes) is 2. The summed E-state index contributed by atoms with van der Waals surface area (Å²) < 4.78 is 1.42. The number of anilines is 2. The summed E-state index contributed by atoms with van der Waals surface area (Å²) in [5.74, 6) is 0.745. The first-order valence-corrected chi connectivity index (χ1v) is 10.4. The number of hydrogen-bond donors (Lipinski definition) is 3. The quantitative estimate of drug-likeness (QED) is 0.519. The summed E-state index contributed by atoms with van der Waals surface area (Å²) in [5, 5.41) is 11.1. The molecule has 0 saturated carbocycles. The highest BCUT2D eigenvalue weighted by Crippen LogP contribution is 2.17. The van der Waals surface area contributed by atoms with E-state index >= 15 is 0 Å². The Morgan fingerprint density at radius 1 is 1.24 bits per heavy atom. The van der Waals surface area contributed by atoms with Gasteiger partial charge in [-0.05, 0) is 19.3 Å². The lowest BCUT2D eigenvalue weighted by Gasteiger charge is -2.27. The van der Waals surface area contributed by atoms with Gasteiger partial charge in [0.15, 0.2) is 0 Å². The Balaban J connectivity index is 1.64. The summed E-state index contributed by atoms with van der Waals surface area (Å²) in [6.07, 6.45) is 5.45. The Hall–Kier alpha value is -2.75. The third-order valence-electron chi connectivity index (χ3n) is 5.03. The highest BCUT2D eigenvalue weighted by Gasteiger charge is 2.16. The Kier molecular flexibility index (Phi) is 7.34. The van der Waals surface area contributed by atoms with Gasteiger partial charge in [-0.3, -0.25) is 9.59 Å². The molecule has 0 aliphatic carbocycles. The molecule has 0 spiro atoms. The van der Waals surface area contributed by atoms with Crippen molar-refractivity contribution in [2.75, 3.05) is 43.8 Å². The number of nitrogen functional groups attached to an aromatic ring is 1. The molecule has 1 fully saturated rings. The van der Waals surface area contributed by atoms with Crippen LogP contribution in [-0.2, 0) is 11.3 Å². The van der Waals surface area contributed by atoms with Crippen LogP contribution < -0.4 is 21.9 Å². The van der Waals surface area contributed by atoms with Crippen LogP contribution in [0.2, 0.25) is 0 Å². The molecule has 0 bridgehead atoms. The number of aromatic nitrogens is 4. The molecule has 0 radical (unpaired) electrons. The van der Waals surface area contributed by atoms with E-state index in [1.54, 1.807) is 6.20 Å². The van der Waals surface area contributed by atoms with Crippen molar-refractivity contribution in [1.82, 2.24) is 30.0 Å². The van der Waals surface area contributed by atoms with Crippen molar-refractivity contribution in [3.63, 3.8) is 0 Å². The molecular weight excluding hydrogens is 372 g/mol. The molecule has 2 aromatic heterocycles. The molecule has 1 aliphatic heterocycles. The number of aryl methyl sites for hydroxylation is 1. The highest BCUT2D eigenvalue weighted by molar-refractivity contribution is 5.88. The van der Waals surface area contributed by atoms with Crippen LogP contribution in [-0.4, -0.2) is 63.3 Å². The fraction of sp³-hybridized carbons (Fsp3) is 0.632. The maximum absolute atomic E-state index is 12.9. The first-order chi connectivity index (χ1) is 14.1. The average Bonchev–Trinajstić information content (AvgIpc) is 2.73. The summed E-state index contributed by atoms with van der Waals surface area (Å²) in [4.78, 5) is 35.4. The number of hydrogen-bond acceptors (Lipinski definition) is 8. The molecule has 3 rings (SSSR count). The minimum Gasteiger partial charge on any atom is -0.369 e. The van der Waals surface area contributed by atoms with Gasteiger partial charge >= 0.3 is 0 Å². The molecule has 0 aromatic carbocycles. The summed E-state index contributed by atoms with van der Waals surface area (Å²) >= 11 is 0. The average molecular weight is 403 g/mol. The van der Waals surface area contributed by atoms with Crippen LogP contribution in [0.3, 0.4) is 0 Å². The van der Waals surface area contributed by atoms with E-state index in [1.807, 2.05) is 4.90 Å². The molecule has 0 unspecified atom stereocenters. The molecule has 4 N–H and O–H groups in total. The summed E-state index contributed by atoms with van der Waals surface area (Å²) in [5.41, 5.74) is 5.96. The number of nitrogens with one attached hydrogen (secondary N) is 2. The lowest BCUT2D eigenvalue weighted by atomic mass is 10.2. The molecule has 1 saturated heterocycles. The van der Waals surface area contributed by atoms with Crippen LogP contribution >= 0.6 is 0 Å². The van der Waals surface area contributed by atoms with Crippen molar-refractivity contribution in [3.05, 3.63) is 16.6 Å². The van der Waals surface area contributed by atoms with Gasteiger partial charge in [-0.25, -0.2) is 9.67 Å². The zero-order valence-electron chi connectivity index (χ0n) is 17.0. The Morgan fingerprint density at radius 2 is 2.03 bits per heavy atom. The maximum Gasteiger partial charge on any atom is 0.279 e. The van der Waals surface area contributed by atoms with Gasteiger partial charge in [-0.1, -0.05) is 13.3 Å². The third-order valence-corrected chi connectivity index (χ3v) is 5.03. The van der Waals surface area contributed by atoms with Gasteiger partial charge in [-0.15, -0.1) is 0 Å². The van der Waals surface area contributed by atoms with Crippen molar-refractivity contribution in [3.8, 4) is 0 Å². The SMILES string of the molecule is CCCCNc1nc(N)nc2cnn(CCCCC(=O)N3CCNCC3)c(=O)c12. The lowest BCUT2D eigenvalue weighted by molar-refractivity contribution is -0.131. The number of amides is 1. The standard InChI is InChI=1S/C19H30N8O2/c1-2-3-7-22-17-16-14(24-19(20)25-17)13-23-27(18(16)29)10-5-4-6-15(28)26-11-8-21-9-12-26/h13,21H,2-12H2,1H3,(H3,20,22,24,25). The second kappa shape index (κ2) is 10.1. The van der Waals surface area contributed by atoms with E-state index in [-0.39, 0.29) is 17.4 Å². The minimum absolute atomic E-state index is 0.113. The monoisotopic (exact) mass is 402 g/mol. The predicted molar refractivity (Wildman–Crippen MR) is 113 cm³/mol. The van der Waals surface area contributed by atoms with E-state index in [2.05, 4.69) is 32.6 Å². The fourth-order valence-corrected chi connectivity index (χ4v) is 3.39. The first kappa shape index (κ1) is 21.0. The minimum atomic E-state index is -0.241. The largest absolute Gasteiger partial charge is 0.369 e. The second-order valence-electron chi connectivity index (χ2n) is 7.23. The molecule has 158 valence electrons. The summed E-state index contributed by atoms with van der Waals surface area (Å²) in [6.45, 7) is 6.48. The number of nitrogens with zero attached hydrogens (tertiary/aromatic N) is 5. The van der Waals surface area contributed by atoms with Gasteiger partial charge < -0.3 is 21.3 Å². The maximum atomic E-state index is 12.9. The van der Waals surface area contributed by atoms with Crippen molar-refractivity contribution >= 4 is 28.6 Å². The highest BCUT2D eigenvalue weighted by atomic mass is 16.2. The smallest absolute Gasteiger partial charge is 0.279 e. The Bertz CT molecular complexity index is 892. The number of fused-ring (bicyclic) bond motifs is 1. The molecule has 3 heterocycles. The van der Waals surface area contributed by atoms with Gasteiger partial charge in [0.05, 0.1) is 6.20 Å². The van der Waals surface area contributed by atoms with Gasteiger partial charge in [-0.2, -0.15) is 10.1 Å². The van der Waals surface area contributed by atoms with E-state index in [9.17, 15) is 9.59 Å². The van der Waals surface area contributed by atoms with Crippen LogP contribution in [0.15, 0.2) is 11.0 Å². The number of rotatable bonds is 9. The van der Waals surface area contributed by atoms with Gasteiger partial charge in [0.1, 0.15) is 16.7 Å². The molecule has 10 heteroatoms. The second-order valence-corrected chi connectivity index (χ2v) is 7.23. The lowest BCUT2D eigenvalue weighted by Crippen LogP contribution is -2.46. The summed E-state index contributed by atoms with van der Waals surface area (Å²) in [7, 11) is 0. The number of piperazine rings is 1. The van der Waals surface area contributed by atoms with Crippen molar-refractivity contribution in [2.45, 2.75) is 45.6 Å². The Labute approximate surface area is 169 Å². The number of nitrogens with two attached hydrogens (primary N) is 1. The topological polar surface area (TPSA) is 131 Å². The third kappa shape index (κ3) is 5.41.